The van der Waals surface area contributed by atoms with Gasteiger partial charge in [0.25, 0.3) is 0 Å². The summed E-state index contributed by atoms with van der Waals surface area (Å²) in [7, 11) is 0. The van der Waals surface area contributed by atoms with Crippen LogP contribution in [0.2, 0.25) is 0 Å². The number of rotatable bonds is 3. The highest BCUT2D eigenvalue weighted by atomic mass is 15.3. The third kappa shape index (κ3) is 3.29. The summed E-state index contributed by atoms with van der Waals surface area (Å²) in [4.78, 5) is 0. The number of nitrogens with zero attached hydrogens (tertiary/aromatic N) is 2. The third-order valence-electron chi connectivity index (χ3n) is 4.27. The van der Waals surface area contributed by atoms with E-state index in [0.29, 0.717) is 5.41 Å². The molecule has 0 aliphatic carbocycles. The monoisotopic (exact) mass is 307 g/mol. The quantitative estimate of drug-likeness (QED) is 0.709. The molecule has 2 aromatic carbocycles. The molecule has 0 saturated heterocycles. The van der Waals surface area contributed by atoms with Crippen LogP contribution in [0.4, 0.5) is 0 Å². The maximum absolute atomic E-state index is 4.31. The van der Waals surface area contributed by atoms with Gasteiger partial charge in [-0.05, 0) is 34.4 Å². The molecule has 0 radical (unpaired) electrons. The fourth-order valence-corrected chi connectivity index (χ4v) is 3.64. The first kappa shape index (κ1) is 15.7. The van der Waals surface area contributed by atoms with Gasteiger partial charge in [-0.1, -0.05) is 71.0 Å². The molecule has 0 saturated carbocycles. The van der Waals surface area contributed by atoms with E-state index in [4.69, 9.17) is 0 Å². The van der Waals surface area contributed by atoms with E-state index in [9.17, 15) is 0 Å². The van der Waals surface area contributed by atoms with Gasteiger partial charge in [0.2, 0.25) is 0 Å². The number of H-pyrrole nitrogens is 1. The Kier molecular flexibility index (Phi) is 3.75. The van der Waals surface area contributed by atoms with Crippen LogP contribution >= 0.6 is 0 Å². The summed E-state index contributed by atoms with van der Waals surface area (Å²) in [6.07, 6.45) is 1.14. The Bertz CT molecular complexity index is 822. The van der Waals surface area contributed by atoms with Crippen LogP contribution < -0.4 is 0 Å². The van der Waals surface area contributed by atoms with Crippen molar-refractivity contribution in [1.82, 2.24) is 15.4 Å². The Labute approximate surface area is 138 Å². The molecule has 1 N–H and O–H groups in total. The highest BCUT2D eigenvalue weighted by molar-refractivity contribution is 5.91. The number of aromatic amines is 1. The van der Waals surface area contributed by atoms with E-state index in [-0.39, 0.29) is 5.41 Å². The van der Waals surface area contributed by atoms with Crippen molar-refractivity contribution in [3.8, 4) is 11.1 Å². The molecule has 0 unspecified atom stereocenters. The highest BCUT2D eigenvalue weighted by Crippen LogP contribution is 2.38. The van der Waals surface area contributed by atoms with Crippen molar-refractivity contribution in [2.45, 2.75) is 46.5 Å². The van der Waals surface area contributed by atoms with Crippen molar-refractivity contribution in [1.29, 1.82) is 0 Å². The number of hydrogen-bond donors (Lipinski definition) is 1. The van der Waals surface area contributed by atoms with Crippen LogP contribution in [0.15, 0.2) is 42.5 Å². The topological polar surface area (TPSA) is 41.6 Å². The summed E-state index contributed by atoms with van der Waals surface area (Å²) < 4.78 is 0. The molecule has 3 nitrogen and oxygen atoms in total. The lowest BCUT2D eigenvalue weighted by Gasteiger charge is -2.33. The van der Waals surface area contributed by atoms with Crippen molar-refractivity contribution in [3.63, 3.8) is 0 Å². The molecule has 3 aromatic rings. The second-order valence-electron chi connectivity index (χ2n) is 8.20. The third-order valence-corrected chi connectivity index (χ3v) is 4.27. The molecule has 3 rings (SSSR count). The molecule has 1 heterocycles. The number of hydrogen-bond acceptors (Lipinski definition) is 2. The summed E-state index contributed by atoms with van der Waals surface area (Å²) in [5.41, 5.74) is 5.96. The van der Waals surface area contributed by atoms with Crippen molar-refractivity contribution in [2.24, 2.45) is 5.41 Å². The zero-order valence-electron chi connectivity index (χ0n) is 14.6. The summed E-state index contributed by atoms with van der Waals surface area (Å²) >= 11 is 0. The van der Waals surface area contributed by atoms with Gasteiger partial charge in [0, 0.05) is 5.56 Å². The van der Waals surface area contributed by atoms with E-state index in [2.05, 4.69) is 80.4 Å². The first-order valence-corrected chi connectivity index (χ1v) is 8.17. The predicted octanol–water partition coefficient (Wildman–Crippen LogP) is 5.34. The molecule has 120 valence electrons. The number of fused-ring (bicyclic) bond motifs is 1. The molecule has 0 atom stereocenters. The molecule has 0 aliphatic rings. The molecule has 1 aromatic heterocycles. The van der Waals surface area contributed by atoms with Crippen LogP contribution in [0.3, 0.4) is 0 Å². The zero-order chi connectivity index (χ0) is 16.7. The first-order valence-electron chi connectivity index (χ1n) is 8.17. The first-order chi connectivity index (χ1) is 10.8. The minimum atomic E-state index is 0.131. The van der Waals surface area contributed by atoms with Crippen molar-refractivity contribution in [2.75, 3.05) is 0 Å². The lowest BCUT2D eigenvalue weighted by Crippen LogP contribution is -2.24. The van der Waals surface area contributed by atoms with Gasteiger partial charge < -0.3 is 0 Å². The molecular weight excluding hydrogens is 282 g/mol. The van der Waals surface area contributed by atoms with Crippen LogP contribution in [0, 0.1) is 5.41 Å². The van der Waals surface area contributed by atoms with E-state index in [1.54, 1.807) is 0 Å². The number of aromatic nitrogens is 3. The van der Waals surface area contributed by atoms with Crippen LogP contribution in [0.5, 0.6) is 0 Å². The summed E-state index contributed by atoms with van der Waals surface area (Å²) in [5, 5.41) is 11.2. The van der Waals surface area contributed by atoms with Gasteiger partial charge in [-0.15, -0.1) is 0 Å². The Balaban J connectivity index is 2.05. The van der Waals surface area contributed by atoms with Gasteiger partial charge in [-0.3, -0.25) is 0 Å². The van der Waals surface area contributed by atoms with Gasteiger partial charge in [0.1, 0.15) is 11.0 Å². The van der Waals surface area contributed by atoms with E-state index in [0.717, 1.165) is 23.0 Å². The molecule has 0 amide bonds. The van der Waals surface area contributed by atoms with Gasteiger partial charge in [-0.25, -0.2) is 0 Å². The average Bonchev–Trinajstić information content (AvgIpc) is 2.93. The summed E-state index contributed by atoms with van der Waals surface area (Å²) in [5.74, 6) is 0. The zero-order valence-corrected chi connectivity index (χ0v) is 14.6. The second-order valence-corrected chi connectivity index (χ2v) is 8.20. The maximum Gasteiger partial charge on any atom is 0.120 e. The number of benzene rings is 2. The molecule has 0 spiro atoms. The average molecular weight is 307 g/mol. The fourth-order valence-electron chi connectivity index (χ4n) is 3.64. The Morgan fingerprint density at radius 1 is 0.913 bits per heavy atom. The van der Waals surface area contributed by atoms with Crippen molar-refractivity contribution in [3.05, 3.63) is 48.0 Å². The molecule has 3 heteroatoms. The Morgan fingerprint density at radius 2 is 1.65 bits per heavy atom. The lowest BCUT2D eigenvalue weighted by molar-refractivity contribution is 0.284. The van der Waals surface area contributed by atoms with E-state index < -0.39 is 0 Å². The fraction of sp³-hybridized carbons (Fsp3) is 0.400. The van der Waals surface area contributed by atoms with Gasteiger partial charge >= 0.3 is 0 Å². The molecular formula is C20H25N3. The molecule has 0 aliphatic heterocycles. The minimum absolute atomic E-state index is 0.131. The van der Waals surface area contributed by atoms with Crippen LogP contribution in [-0.4, -0.2) is 15.4 Å². The minimum Gasteiger partial charge on any atom is -0.197 e. The Morgan fingerprint density at radius 3 is 2.39 bits per heavy atom. The number of para-hydroxylation sites is 1. The summed E-state index contributed by atoms with van der Waals surface area (Å²) in [6.45, 7) is 11.6. The smallest absolute Gasteiger partial charge is 0.120 e. The SMILES string of the molecule is CC(C)(C)CC(C)(C)c1cccc(-c2cccc3n[nH]nc23)c1. The van der Waals surface area contributed by atoms with Crippen molar-refractivity contribution >= 4 is 11.0 Å². The van der Waals surface area contributed by atoms with Crippen LogP contribution in [0.1, 0.15) is 46.6 Å². The maximum atomic E-state index is 4.31. The van der Waals surface area contributed by atoms with Gasteiger partial charge in [-0.2, -0.15) is 15.4 Å². The van der Waals surface area contributed by atoms with E-state index in [1.807, 2.05) is 12.1 Å². The largest absolute Gasteiger partial charge is 0.197 e. The molecule has 0 bridgehead atoms. The second kappa shape index (κ2) is 5.48. The van der Waals surface area contributed by atoms with Crippen molar-refractivity contribution < 1.29 is 0 Å². The van der Waals surface area contributed by atoms with Crippen LogP contribution in [0.25, 0.3) is 22.2 Å². The molecule has 0 fully saturated rings. The van der Waals surface area contributed by atoms with Gasteiger partial charge in [0.05, 0.1) is 0 Å². The molecule has 23 heavy (non-hydrogen) atoms. The van der Waals surface area contributed by atoms with E-state index >= 15 is 0 Å². The highest BCUT2D eigenvalue weighted by Gasteiger charge is 2.27. The lowest BCUT2D eigenvalue weighted by atomic mass is 9.72. The summed E-state index contributed by atoms with van der Waals surface area (Å²) in [6, 6.07) is 15.0. The Hall–Kier alpha value is -2.16. The normalized spacial score (nSPS) is 12.7. The predicted molar refractivity (Wildman–Crippen MR) is 96.4 cm³/mol. The number of nitrogens with one attached hydrogen (secondary N) is 1. The standard InChI is InChI=1S/C20H25N3/c1-19(2,3)13-20(4,5)15-9-6-8-14(12-15)16-10-7-11-17-18(16)22-23-21-17/h6-12H,13H2,1-5H3,(H,21,22,23). The van der Waals surface area contributed by atoms with Gasteiger partial charge in [0.15, 0.2) is 0 Å². The van der Waals surface area contributed by atoms with E-state index in [1.165, 1.54) is 11.1 Å². The van der Waals surface area contributed by atoms with Crippen LogP contribution in [-0.2, 0) is 5.41 Å².